The van der Waals surface area contributed by atoms with Crippen molar-refractivity contribution in [3.63, 3.8) is 0 Å². The second kappa shape index (κ2) is 10.5. The van der Waals surface area contributed by atoms with Gasteiger partial charge in [0.1, 0.15) is 11.9 Å². The van der Waals surface area contributed by atoms with E-state index in [4.69, 9.17) is 17.6 Å². The highest BCUT2D eigenvalue weighted by Gasteiger charge is 2.32. The van der Waals surface area contributed by atoms with E-state index in [1.165, 1.54) is 17.9 Å². The first-order valence-corrected chi connectivity index (χ1v) is 10.1. The third-order valence-electron chi connectivity index (χ3n) is 5.02. The molecule has 2 aromatic carbocycles. The molecule has 2 amide bonds. The van der Waals surface area contributed by atoms with Gasteiger partial charge in [-0.15, -0.1) is 12.8 Å². The Morgan fingerprint density at radius 1 is 1.22 bits per heavy atom. The average Bonchev–Trinajstić information content (AvgIpc) is 3.14. The molecular weight excluding hydrogens is 409 g/mol. The summed E-state index contributed by atoms with van der Waals surface area (Å²) in [5.74, 6) is 4.52. The minimum atomic E-state index is -0.569. The highest BCUT2D eigenvalue weighted by atomic mass is 19.1. The first kappa shape index (κ1) is 22.9. The fourth-order valence-corrected chi connectivity index (χ4v) is 3.48. The van der Waals surface area contributed by atoms with Crippen LogP contribution in [-0.2, 0) is 16.1 Å². The molecule has 0 spiro atoms. The van der Waals surface area contributed by atoms with Crippen molar-refractivity contribution in [2.75, 3.05) is 31.1 Å². The monoisotopic (exact) mass is 433 g/mol. The van der Waals surface area contributed by atoms with Crippen molar-refractivity contribution >= 4 is 17.7 Å². The number of cyclic esters (lactones) is 1. The second-order valence-corrected chi connectivity index (χ2v) is 7.47. The highest BCUT2D eigenvalue weighted by Crippen LogP contribution is 2.29. The zero-order valence-corrected chi connectivity index (χ0v) is 17.8. The number of hydrogen-bond donors (Lipinski definition) is 1. The van der Waals surface area contributed by atoms with Crippen molar-refractivity contribution in [2.45, 2.75) is 19.6 Å². The number of halogens is 1. The van der Waals surface area contributed by atoms with Gasteiger partial charge in [-0.25, -0.2) is 9.18 Å². The molecule has 1 aliphatic rings. The van der Waals surface area contributed by atoms with Gasteiger partial charge in [-0.05, 0) is 29.3 Å². The zero-order valence-electron chi connectivity index (χ0n) is 17.8. The molecule has 1 N–H and O–H groups in total. The Balaban J connectivity index is 1.70. The molecule has 164 valence electrons. The molecule has 3 rings (SSSR count). The second-order valence-electron chi connectivity index (χ2n) is 7.47. The van der Waals surface area contributed by atoms with Crippen LogP contribution in [0.2, 0.25) is 0 Å². The standard InChI is InChI=1S/C25H24FN3O3/c1-4-12-28(13-5-2)16-19-6-8-20(9-7-19)23-11-10-21(14-24(23)26)29-17-22(32-25(29)31)15-27-18(3)30/h1-2,6-11,14,22H,12-13,15-17H2,3H3,(H,27,30)/t22-/m0/s1. The lowest BCUT2D eigenvalue weighted by atomic mass is 10.0. The lowest BCUT2D eigenvalue weighted by Crippen LogP contribution is -2.33. The van der Waals surface area contributed by atoms with E-state index >= 15 is 0 Å². The first-order chi connectivity index (χ1) is 15.4. The summed E-state index contributed by atoms with van der Waals surface area (Å²) in [6.07, 6.45) is 9.71. The third kappa shape index (κ3) is 5.66. The molecule has 0 aromatic heterocycles. The molecule has 0 bridgehead atoms. The Morgan fingerprint density at radius 3 is 2.50 bits per heavy atom. The number of anilines is 1. The van der Waals surface area contributed by atoms with Gasteiger partial charge in [0, 0.05) is 19.0 Å². The summed E-state index contributed by atoms with van der Waals surface area (Å²) in [4.78, 5) is 26.5. The molecular formula is C25H24FN3O3. The van der Waals surface area contributed by atoms with Crippen LogP contribution in [0.1, 0.15) is 12.5 Å². The van der Waals surface area contributed by atoms with E-state index in [-0.39, 0.29) is 19.0 Å². The fraction of sp³-hybridized carbons (Fsp3) is 0.280. The predicted octanol–water partition coefficient (Wildman–Crippen LogP) is 3.02. The summed E-state index contributed by atoms with van der Waals surface area (Å²) in [7, 11) is 0. The molecule has 0 unspecified atom stereocenters. The molecule has 1 heterocycles. The van der Waals surface area contributed by atoms with Crippen LogP contribution in [-0.4, -0.2) is 49.2 Å². The van der Waals surface area contributed by atoms with Gasteiger partial charge in [-0.1, -0.05) is 36.1 Å². The maximum absolute atomic E-state index is 14.9. The van der Waals surface area contributed by atoms with Gasteiger partial charge in [0.25, 0.3) is 0 Å². The summed E-state index contributed by atoms with van der Waals surface area (Å²) >= 11 is 0. The molecule has 1 atom stereocenters. The van der Waals surface area contributed by atoms with Crippen LogP contribution in [0.3, 0.4) is 0 Å². The van der Waals surface area contributed by atoms with Crippen LogP contribution >= 0.6 is 0 Å². The molecule has 32 heavy (non-hydrogen) atoms. The van der Waals surface area contributed by atoms with Crippen molar-refractivity contribution in [3.05, 3.63) is 53.8 Å². The smallest absolute Gasteiger partial charge is 0.414 e. The Labute approximate surface area is 187 Å². The number of ether oxygens (including phenoxy) is 1. The van der Waals surface area contributed by atoms with Gasteiger partial charge in [-0.2, -0.15) is 0 Å². The largest absolute Gasteiger partial charge is 0.442 e. The summed E-state index contributed by atoms with van der Waals surface area (Å²) in [6.45, 7) is 3.34. The molecule has 0 saturated carbocycles. The summed E-state index contributed by atoms with van der Waals surface area (Å²) in [5.41, 5.74) is 2.55. The van der Waals surface area contributed by atoms with Crippen molar-refractivity contribution in [1.29, 1.82) is 0 Å². The number of amides is 2. The van der Waals surface area contributed by atoms with Crippen LogP contribution in [0.15, 0.2) is 42.5 Å². The molecule has 2 aromatic rings. The first-order valence-electron chi connectivity index (χ1n) is 10.1. The number of benzene rings is 2. The summed E-state index contributed by atoms with van der Waals surface area (Å²) in [5, 5.41) is 2.61. The van der Waals surface area contributed by atoms with Gasteiger partial charge < -0.3 is 10.1 Å². The maximum atomic E-state index is 14.9. The number of nitrogens with one attached hydrogen (secondary N) is 1. The van der Waals surface area contributed by atoms with Crippen LogP contribution < -0.4 is 10.2 Å². The van der Waals surface area contributed by atoms with E-state index in [1.807, 2.05) is 29.2 Å². The molecule has 1 saturated heterocycles. The van der Waals surface area contributed by atoms with Gasteiger partial charge in [0.15, 0.2) is 0 Å². The lowest BCUT2D eigenvalue weighted by Gasteiger charge is -2.17. The van der Waals surface area contributed by atoms with E-state index < -0.39 is 18.0 Å². The van der Waals surface area contributed by atoms with E-state index in [9.17, 15) is 14.0 Å². The SMILES string of the molecule is C#CCN(CC#C)Cc1ccc(-c2ccc(N3C[C@H](CNC(C)=O)OC3=O)cc2F)cc1. The van der Waals surface area contributed by atoms with E-state index in [0.717, 1.165) is 5.56 Å². The highest BCUT2D eigenvalue weighted by molar-refractivity contribution is 5.90. The minimum Gasteiger partial charge on any atom is -0.442 e. The van der Waals surface area contributed by atoms with Gasteiger partial charge in [0.05, 0.1) is 31.9 Å². The molecule has 0 aliphatic carbocycles. The number of carbonyl (C=O) groups is 2. The zero-order chi connectivity index (χ0) is 23.1. The van der Waals surface area contributed by atoms with Gasteiger partial charge in [-0.3, -0.25) is 14.6 Å². The Morgan fingerprint density at radius 2 is 1.91 bits per heavy atom. The fourth-order valence-electron chi connectivity index (χ4n) is 3.48. The van der Waals surface area contributed by atoms with Crippen LogP contribution in [0.5, 0.6) is 0 Å². The van der Waals surface area contributed by atoms with Crippen molar-refractivity contribution in [2.24, 2.45) is 0 Å². The number of rotatable bonds is 8. The average molecular weight is 433 g/mol. The number of nitrogens with zero attached hydrogens (tertiary/aromatic N) is 2. The molecule has 1 fully saturated rings. The molecule has 1 aliphatic heterocycles. The van der Waals surface area contributed by atoms with E-state index in [1.54, 1.807) is 12.1 Å². The molecule has 0 radical (unpaired) electrons. The van der Waals surface area contributed by atoms with Gasteiger partial charge >= 0.3 is 6.09 Å². The lowest BCUT2D eigenvalue weighted by molar-refractivity contribution is -0.119. The number of terminal acetylenes is 2. The Hall–Kier alpha value is -3.81. The van der Waals surface area contributed by atoms with Crippen LogP contribution in [0.25, 0.3) is 11.1 Å². The Kier molecular flexibility index (Phi) is 7.49. The molecule has 6 nitrogen and oxygen atoms in total. The quantitative estimate of drug-likeness (QED) is 0.650. The molecule has 7 heteroatoms. The normalized spacial score (nSPS) is 15.2. The van der Waals surface area contributed by atoms with Crippen molar-refractivity contribution in [3.8, 4) is 35.8 Å². The number of carbonyl (C=O) groups excluding carboxylic acids is 2. The van der Waals surface area contributed by atoms with E-state index in [0.29, 0.717) is 36.4 Å². The van der Waals surface area contributed by atoms with Crippen LogP contribution in [0.4, 0.5) is 14.9 Å². The van der Waals surface area contributed by atoms with Crippen LogP contribution in [0, 0.1) is 30.5 Å². The summed E-state index contributed by atoms with van der Waals surface area (Å²) < 4.78 is 20.1. The van der Waals surface area contributed by atoms with E-state index in [2.05, 4.69) is 17.2 Å². The van der Waals surface area contributed by atoms with Crippen molar-refractivity contribution < 1.29 is 18.7 Å². The third-order valence-corrected chi connectivity index (χ3v) is 5.02. The topological polar surface area (TPSA) is 61.9 Å². The Bertz CT molecular complexity index is 1050. The summed E-state index contributed by atoms with van der Waals surface area (Å²) in [6, 6.07) is 12.1. The van der Waals surface area contributed by atoms with Gasteiger partial charge in [0.2, 0.25) is 5.91 Å². The maximum Gasteiger partial charge on any atom is 0.414 e. The predicted molar refractivity (Wildman–Crippen MR) is 121 cm³/mol. The number of hydrogen-bond acceptors (Lipinski definition) is 4. The van der Waals surface area contributed by atoms with Crippen molar-refractivity contribution in [1.82, 2.24) is 10.2 Å². The minimum absolute atomic E-state index is 0.208.